The smallest absolute Gasteiger partial charge is 0.255 e. The van der Waals surface area contributed by atoms with Crippen molar-refractivity contribution >= 4 is 23.4 Å². The molecule has 2 aromatic rings. The molecule has 0 radical (unpaired) electrons. The van der Waals surface area contributed by atoms with E-state index in [0.717, 1.165) is 23.9 Å². The molecule has 7 nitrogen and oxygen atoms in total. The summed E-state index contributed by atoms with van der Waals surface area (Å²) in [7, 11) is 0. The van der Waals surface area contributed by atoms with Gasteiger partial charge in [-0.1, -0.05) is 6.42 Å². The number of hydrogen-bond acceptors (Lipinski definition) is 5. The Morgan fingerprint density at radius 2 is 1.85 bits per heavy atom. The lowest BCUT2D eigenvalue weighted by molar-refractivity contribution is -0.276. The Labute approximate surface area is 158 Å². The number of aromatic nitrogens is 1. The highest BCUT2D eigenvalue weighted by Crippen LogP contribution is 2.14. The third kappa shape index (κ3) is 6.09. The zero-order valence-corrected chi connectivity index (χ0v) is 14.7. The molecule has 1 heterocycles. The molecule has 1 amide bonds. The van der Waals surface area contributed by atoms with Crippen LogP contribution >= 0.6 is 0 Å². The molecule has 4 N–H and O–H groups in total. The van der Waals surface area contributed by atoms with Gasteiger partial charge in [0.1, 0.15) is 0 Å². The average Bonchev–Trinajstić information content (AvgIpc) is 2.72. The van der Waals surface area contributed by atoms with Crippen LogP contribution in [0.25, 0.3) is 11.3 Å². The molecule has 0 fully saturated rings. The fourth-order valence-corrected chi connectivity index (χ4v) is 2.28. The van der Waals surface area contributed by atoms with Crippen LogP contribution in [0.2, 0.25) is 0 Å². The fraction of sp³-hybridized carbons (Fsp3) is 0.150. The molecule has 7 heteroatoms. The van der Waals surface area contributed by atoms with Crippen LogP contribution < -0.4 is 15.7 Å². The quantitative estimate of drug-likeness (QED) is 0.274. The zero-order valence-electron chi connectivity index (χ0n) is 14.7. The molecule has 140 valence electrons. The summed E-state index contributed by atoms with van der Waals surface area (Å²) >= 11 is 0. The molecule has 0 saturated carbocycles. The minimum Gasteiger partial charge on any atom is -0.876 e. The van der Waals surface area contributed by atoms with E-state index in [1.165, 1.54) is 6.08 Å². The van der Waals surface area contributed by atoms with Gasteiger partial charge < -0.3 is 26.9 Å². The molecule has 0 aliphatic heterocycles. The molecule has 0 spiro atoms. The van der Waals surface area contributed by atoms with Gasteiger partial charge in [0.25, 0.3) is 5.91 Å². The maximum atomic E-state index is 12.4. The lowest BCUT2D eigenvalue weighted by atomic mass is 10.1. The predicted octanol–water partition coefficient (Wildman–Crippen LogP) is 2.60. The van der Waals surface area contributed by atoms with E-state index in [1.54, 1.807) is 48.8 Å². The second-order valence-corrected chi connectivity index (χ2v) is 5.61. The van der Waals surface area contributed by atoms with Gasteiger partial charge >= 0.3 is 0 Å². The van der Waals surface area contributed by atoms with Crippen LogP contribution in [-0.2, 0) is 0 Å². The van der Waals surface area contributed by atoms with Crippen LogP contribution in [0.5, 0.6) is 0 Å². The van der Waals surface area contributed by atoms with Crippen LogP contribution in [0.3, 0.4) is 0 Å². The number of nitrogens with zero attached hydrogens (tertiary/aromatic N) is 1. The number of carbonyl (C=O) groups is 1. The van der Waals surface area contributed by atoms with E-state index in [0.29, 0.717) is 30.5 Å². The Hall–Kier alpha value is -3.45. The molecule has 0 saturated heterocycles. The van der Waals surface area contributed by atoms with Crippen molar-refractivity contribution in [3.05, 3.63) is 83.7 Å². The average molecular weight is 363 g/mol. The predicted molar refractivity (Wildman–Crippen MR) is 105 cm³/mol. The first-order valence-corrected chi connectivity index (χ1v) is 8.42. The molecule has 0 atom stereocenters. The van der Waals surface area contributed by atoms with Crippen LogP contribution in [0.4, 0.5) is 5.69 Å². The van der Waals surface area contributed by atoms with E-state index >= 15 is 0 Å². The van der Waals surface area contributed by atoms with E-state index in [1.807, 2.05) is 0 Å². The maximum Gasteiger partial charge on any atom is 0.255 e. The fourth-order valence-electron chi connectivity index (χ4n) is 2.28. The minimum absolute atomic E-state index is 0.0629. The van der Waals surface area contributed by atoms with Gasteiger partial charge in [-0.15, -0.1) is 12.8 Å². The van der Waals surface area contributed by atoms with Crippen molar-refractivity contribution in [2.75, 3.05) is 18.4 Å². The summed E-state index contributed by atoms with van der Waals surface area (Å²) < 4.78 is 0. The summed E-state index contributed by atoms with van der Waals surface area (Å²) in [6.07, 6.45) is 7.03. The van der Waals surface area contributed by atoms with E-state index in [9.17, 15) is 9.90 Å². The lowest BCUT2D eigenvalue weighted by Crippen LogP contribution is -2.23. The number of carbonyl (C=O) groups excluding carboxylic acids is 1. The Balaban J connectivity index is 2.06. The van der Waals surface area contributed by atoms with Crippen molar-refractivity contribution in [1.82, 2.24) is 10.3 Å². The number of allylic oxidation sites excluding steroid dienone is 2. The normalized spacial score (nSPS) is 11.7. The molecular weight excluding hydrogens is 342 g/mol. The third-order valence-electron chi connectivity index (χ3n) is 3.69. The topological polar surface area (TPSA) is 125 Å². The molecule has 2 rings (SSSR count). The highest BCUT2D eigenvalue weighted by molar-refractivity contribution is 6.09. The van der Waals surface area contributed by atoms with Gasteiger partial charge in [-0.05, 0) is 48.0 Å². The van der Waals surface area contributed by atoms with Gasteiger partial charge in [0.15, 0.2) is 0 Å². The van der Waals surface area contributed by atoms with E-state index in [4.69, 9.17) is 11.1 Å². The summed E-state index contributed by atoms with van der Waals surface area (Å²) in [5, 5.41) is 24.6. The highest BCUT2D eigenvalue weighted by atomic mass is 16.2. The van der Waals surface area contributed by atoms with Crippen molar-refractivity contribution in [3.8, 4) is 0 Å². The lowest BCUT2D eigenvalue weighted by Gasteiger charge is -2.11. The van der Waals surface area contributed by atoms with Gasteiger partial charge in [-0.25, -0.2) is 0 Å². The molecule has 0 bridgehead atoms. The van der Waals surface area contributed by atoms with Crippen molar-refractivity contribution < 1.29 is 9.90 Å². The SMILES string of the molecule is N=CC(=CC(=C[O-])NC(=O)c1ccc(NCCC[NH-])cc1)c1ccncc1. The Kier molecular flexibility index (Phi) is 7.74. The second-order valence-electron chi connectivity index (χ2n) is 5.61. The van der Waals surface area contributed by atoms with Crippen molar-refractivity contribution in [2.45, 2.75) is 6.42 Å². The first-order valence-electron chi connectivity index (χ1n) is 8.42. The number of amides is 1. The van der Waals surface area contributed by atoms with Crippen molar-refractivity contribution in [1.29, 1.82) is 5.41 Å². The van der Waals surface area contributed by atoms with E-state index in [-0.39, 0.29) is 5.70 Å². The standard InChI is InChI=1S/C20H22N5O2/c21-8-1-9-24-18-4-2-16(3-5-18)20(27)25-19(14-26)12-17(13-22)15-6-10-23-11-7-15/h2-7,10-14,21-22,24,26H,1,8-9H2,(H,25,27)/q-1/p-1. The number of anilines is 1. The van der Waals surface area contributed by atoms with Crippen LogP contribution in [0.1, 0.15) is 22.3 Å². The molecule has 1 aromatic heterocycles. The van der Waals surface area contributed by atoms with E-state index < -0.39 is 5.91 Å². The highest BCUT2D eigenvalue weighted by Gasteiger charge is 2.07. The van der Waals surface area contributed by atoms with E-state index in [2.05, 4.69) is 15.6 Å². The Bertz CT molecular complexity index is 814. The van der Waals surface area contributed by atoms with Gasteiger partial charge in [0.05, 0.1) is 0 Å². The summed E-state index contributed by atoms with van der Waals surface area (Å²) in [6.45, 7) is 1.06. The summed E-state index contributed by atoms with van der Waals surface area (Å²) in [5.41, 5.74) is 9.65. The molecular formula is C20H21N5O2-2. The zero-order chi connectivity index (χ0) is 19.5. The van der Waals surface area contributed by atoms with Crippen molar-refractivity contribution in [2.24, 2.45) is 0 Å². The minimum atomic E-state index is -0.412. The summed E-state index contributed by atoms with van der Waals surface area (Å²) in [4.78, 5) is 16.3. The number of pyridine rings is 1. The van der Waals surface area contributed by atoms with Crippen LogP contribution in [0.15, 0.2) is 66.8 Å². The molecule has 27 heavy (non-hydrogen) atoms. The largest absolute Gasteiger partial charge is 0.876 e. The molecule has 0 unspecified atom stereocenters. The first-order chi connectivity index (χ1) is 13.2. The van der Waals surface area contributed by atoms with Crippen LogP contribution in [0, 0.1) is 5.41 Å². The van der Waals surface area contributed by atoms with Gasteiger partial charge in [-0.3, -0.25) is 9.78 Å². The van der Waals surface area contributed by atoms with Gasteiger partial charge in [0.2, 0.25) is 0 Å². The Morgan fingerprint density at radius 3 is 2.44 bits per heavy atom. The second kappa shape index (κ2) is 10.5. The van der Waals surface area contributed by atoms with Gasteiger partial charge in [-0.2, -0.15) is 0 Å². The Morgan fingerprint density at radius 1 is 1.15 bits per heavy atom. The first kappa shape index (κ1) is 19.9. The van der Waals surface area contributed by atoms with Gasteiger partial charge in [0, 0.05) is 47.7 Å². The summed E-state index contributed by atoms with van der Waals surface area (Å²) in [5.74, 6) is -0.412. The maximum absolute atomic E-state index is 12.4. The number of hydrogen-bond donors (Lipinski definition) is 3. The third-order valence-corrected chi connectivity index (χ3v) is 3.69. The number of benzene rings is 1. The number of nitrogens with one attached hydrogen (secondary N) is 4. The molecule has 0 aliphatic rings. The monoisotopic (exact) mass is 363 g/mol. The summed E-state index contributed by atoms with van der Waals surface area (Å²) in [6, 6.07) is 10.3. The molecule has 0 aliphatic carbocycles. The molecule has 1 aromatic carbocycles. The number of rotatable bonds is 9. The van der Waals surface area contributed by atoms with Crippen LogP contribution in [-0.4, -0.2) is 30.2 Å². The van der Waals surface area contributed by atoms with Crippen molar-refractivity contribution in [3.63, 3.8) is 0 Å².